The van der Waals surface area contributed by atoms with E-state index >= 15 is 0 Å². The number of rotatable bonds is 6. The van der Waals surface area contributed by atoms with Crippen molar-refractivity contribution in [2.75, 3.05) is 37.7 Å². The van der Waals surface area contributed by atoms with E-state index in [0.29, 0.717) is 32.8 Å². The van der Waals surface area contributed by atoms with E-state index < -0.39 is 0 Å². The molecule has 4 nitrogen and oxygen atoms in total. The summed E-state index contributed by atoms with van der Waals surface area (Å²) in [6.45, 7) is 6.38. The number of amides is 1. The molecule has 26 heavy (non-hydrogen) atoms. The number of carbonyl (C=O) groups is 1. The van der Waals surface area contributed by atoms with Gasteiger partial charge in [-0.1, -0.05) is 36.4 Å². The van der Waals surface area contributed by atoms with Gasteiger partial charge in [-0.25, -0.2) is 4.39 Å². The van der Waals surface area contributed by atoms with Crippen LogP contribution >= 0.6 is 0 Å². The summed E-state index contributed by atoms with van der Waals surface area (Å²) in [6, 6.07) is 15.9. The zero-order chi connectivity index (χ0) is 18.4. The minimum absolute atomic E-state index is 0.0239. The predicted octanol–water partition coefficient (Wildman–Crippen LogP) is 3.42. The molecule has 1 heterocycles. The lowest BCUT2D eigenvalue weighted by atomic mass is 10.1. The monoisotopic (exact) mass is 354 g/mol. The van der Waals surface area contributed by atoms with Crippen LogP contribution in [0, 0.1) is 5.82 Å². The molecule has 0 bridgehead atoms. The maximum atomic E-state index is 13.1. The SMILES string of the molecule is C=CCN(C(=O)CN1CCOC(c2ccc(F)cc2)C1)c1ccccc1. The molecule has 0 saturated carbocycles. The van der Waals surface area contributed by atoms with Crippen molar-refractivity contribution in [3.63, 3.8) is 0 Å². The van der Waals surface area contributed by atoms with E-state index in [1.807, 2.05) is 30.3 Å². The minimum atomic E-state index is -0.264. The van der Waals surface area contributed by atoms with Crippen LogP contribution in [0.4, 0.5) is 10.1 Å². The molecule has 0 aliphatic carbocycles. The van der Waals surface area contributed by atoms with Gasteiger partial charge in [0.15, 0.2) is 0 Å². The number of hydrogen-bond donors (Lipinski definition) is 0. The number of ether oxygens (including phenoxy) is 1. The van der Waals surface area contributed by atoms with Gasteiger partial charge in [0.05, 0.1) is 19.3 Å². The van der Waals surface area contributed by atoms with Crippen LogP contribution in [-0.4, -0.2) is 43.6 Å². The maximum absolute atomic E-state index is 13.1. The van der Waals surface area contributed by atoms with E-state index in [9.17, 15) is 9.18 Å². The van der Waals surface area contributed by atoms with E-state index in [-0.39, 0.29) is 17.8 Å². The van der Waals surface area contributed by atoms with Crippen molar-refractivity contribution in [1.82, 2.24) is 4.90 Å². The van der Waals surface area contributed by atoms with Crippen molar-refractivity contribution in [1.29, 1.82) is 0 Å². The largest absolute Gasteiger partial charge is 0.371 e. The summed E-state index contributed by atoms with van der Waals surface area (Å²) in [5.41, 5.74) is 1.79. The van der Waals surface area contributed by atoms with E-state index in [1.165, 1.54) is 12.1 Å². The van der Waals surface area contributed by atoms with Gasteiger partial charge in [-0.05, 0) is 29.8 Å². The van der Waals surface area contributed by atoms with Gasteiger partial charge >= 0.3 is 0 Å². The molecule has 1 fully saturated rings. The quantitative estimate of drug-likeness (QED) is 0.745. The molecule has 3 rings (SSSR count). The zero-order valence-corrected chi connectivity index (χ0v) is 14.7. The molecule has 136 valence electrons. The van der Waals surface area contributed by atoms with Gasteiger partial charge in [0, 0.05) is 25.3 Å². The van der Waals surface area contributed by atoms with Crippen LogP contribution in [0.2, 0.25) is 0 Å². The normalized spacial score (nSPS) is 17.7. The topological polar surface area (TPSA) is 32.8 Å². The second-order valence-corrected chi connectivity index (χ2v) is 6.27. The Bertz CT molecular complexity index is 733. The minimum Gasteiger partial charge on any atom is -0.371 e. The van der Waals surface area contributed by atoms with Gasteiger partial charge in [0.1, 0.15) is 5.82 Å². The van der Waals surface area contributed by atoms with E-state index in [0.717, 1.165) is 11.3 Å². The summed E-state index contributed by atoms with van der Waals surface area (Å²) in [6.07, 6.45) is 1.58. The number of benzene rings is 2. The number of carbonyl (C=O) groups excluding carboxylic acids is 1. The molecule has 1 saturated heterocycles. The highest BCUT2D eigenvalue weighted by Gasteiger charge is 2.25. The van der Waals surface area contributed by atoms with Crippen molar-refractivity contribution in [3.05, 3.63) is 78.6 Å². The fourth-order valence-electron chi connectivity index (χ4n) is 3.09. The van der Waals surface area contributed by atoms with Crippen molar-refractivity contribution in [2.45, 2.75) is 6.10 Å². The molecule has 0 aromatic heterocycles. The summed E-state index contributed by atoms with van der Waals surface area (Å²) in [4.78, 5) is 16.6. The number of nitrogens with zero attached hydrogens (tertiary/aromatic N) is 2. The van der Waals surface area contributed by atoms with Gasteiger partial charge < -0.3 is 9.64 Å². The van der Waals surface area contributed by atoms with Gasteiger partial charge in [-0.2, -0.15) is 0 Å². The van der Waals surface area contributed by atoms with Crippen molar-refractivity contribution >= 4 is 11.6 Å². The third kappa shape index (κ3) is 4.56. The number of morpholine rings is 1. The highest BCUT2D eigenvalue weighted by atomic mass is 19.1. The average molecular weight is 354 g/mol. The number of halogens is 1. The van der Waals surface area contributed by atoms with Crippen molar-refractivity contribution < 1.29 is 13.9 Å². The van der Waals surface area contributed by atoms with Crippen LogP contribution in [0.5, 0.6) is 0 Å². The molecule has 1 aliphatic rings. The third-order valence-electron chi connectivity index (χ3n) is 4.43. The molecule has 0 radical (unpaired) electrons. The molecule has 0 N–H and O–H groups in total. The molecule has 1 aliphatic heterocycles. The Balaban J connectivity index is 1.65. The van der Waals surface area contributed by atoms with Crippen molar-refractivity contribution in [2.24, 2.45) is 0 Å². The highest BCUT2D eigenvalue weighted by Crippen LogP contribution is 2.23. The second-order valence-electron chi connectivity index (χ2n) is 6.27. The Labute approximate surface area is 153 Å². The number of hydrogen-bond acceptors (Lipinski definition) is 3. The first-order valence-electron chi connectivity index (χ1n) is 8.73. The lowest BCUT2D eigenvalue weighted by Gasteiger charge is -2.34. The third-order valence-corrected chi connectivity index (χ3v) is 4.43. The van der Waals surface area contributed by atoms with Crippen molar-refractivity contribution in [3.8, 4) is 0 Å². The summed E-state index contributed by atoms with van der Waals surface area (Å²) in [5, 5.41) is 0. The second kappa shape index (κ2) is 8.74. The highest BCUT2D eigenvalue weighted by molar-refractivity contribution is 5.95. The Morgan fingerprint density at radius 1 is 1.23 bits per heavy atom. The van der Waals surface area contributed by atoms with Crippen LogP contribution in [0.1, 0.15) is 11.7 Å². The van der Waals surface area contributed by atoms with Crippen LogP contribution in [0.3, 0.4) is 0 Å². The summed E-state index contributed by atoms with van der Waals surface area (Å²) in [5.74, 6) is -0.240. The first-order valence-corrected chi connectivity index (χ1v) is 8.73. The Hall–Kier alpha value is -2.50. The fourth-order valence-corrected chi connectivity index (χ4v) is 3.09. The Morgan fingerprint density at radius 2 is 1.96 bits per heavy atom. The predicted molar refractivity (Wildman–Crippen MR) is 101 cm³/mol. The van der Waals surface area contributed by atoms with Crippen LogP contribution in [0.25, 0.3) is 0 Å². The summed E-state index contributed by atoms with van der Waals surface area (Å²) in [7, 11) is 0. The Morgan fingerprint density at radius 3 is 2.65 bits per heavy atom. The molecule has 2 aromatic carbocycles. The van der Waals surface area contributed by atoms with Crippen LogP contribution in [0.15, 0.2) is 67.3 Å². The maximum Gasteiger partial charge on any atom is 0.241 e. The van der Waals surface area contributed by atoms with Gasteiger partial charge in [0.2, 0.25) is 5.91 Å². The van der Waals surface area contributed by atoms with Gasteiger partial charge in [-0.3, -0.25) is 9.69 Å². The van der Waals surface area contributed by atoms with Crippen LogP contribution < -0.4 is 4.90 Å². The van der Waals surface area contributed by atoms with E-state index in [1.54, 1.807) is 23.1 Å². The van der Waals surface area contributed by atoms with Crippen LogP contribution in [-0.2, 0) is 9.53 Å². The molecular weight excluding hydrogens is 331 g/mol. The fraction of sp³-hybridized carbons (Fsp3) is 0.286. The van der Waals surface area contributed by atoms with Gasteiger partial charge in [0.25, 0.3) is 0 Å². The summed E-state index contributed by atoms with van der Waals surface area (Å²) < 4.78 is 18.9. The number of para-hydroxylation sites is 1. The molecule has 1 amide bonds. The smallest absolute Gasteiger partial charge is 0.241 e. The van der Waals surface area contributed by atoms with Gasteiger partial charge in [-0.15, -0.1) is 6.58 Å². The molecule has 0 spiro atoms. The first-order chi connectivity index (χ1) is 12.7. The first kappa shape index (κ1) is 18.3. The lowest BCUT2D eigenvalue weighted by molar-refractivity contribution is -0.121. The molecule has 5 heteroatoms. The number of anilines is 1. The average Bonchev–Trinajstić information content (AvgIpc) is 2.67. The van der Waals surface area contributed by atoms with E-state index in [2.05, 4.69) is 11.5 Å². The zero-order valence-electron chi connectivity index (χ0n) is 14.7. The molecular formula is C21H23FN2O2. The summed E-state index contributed by atoms with van der Waals surface area (Å²) >= 11 is 0. The standard InChI is InChI=1S/C21H23FN2O2/c1-2-12-24(19-6-4-3-5-7-19)21(25)16-23-13-14-26-20(15-23)17-8-10-18(22)11-9-17/h2-11,20H,1,12-16H2. The Kier molecular flexibility index (Phi) is 6.15. The van der Waals surface area contributed by atoms with E-state index in [4.69, 9.17) is 4.74 Å². The molecule has 1 atom stereocenters. The molecule has 1 unspecified atom stereocenters. The lowest BCUT2D eigenvalue weighted by Crippen LogP contribution is -2.45. The molecule has 2 aromatic rings.